The maximum Gasteiger partial charge on any atom is 0.334 e. The highest BCUT2D eigenvalue weighted by molar-refractivity contribution is 6.44. The SMILES string of the molecule is C[C@H](NC(=O)CN1C(=O)C(=O)N(C)C1=O)c1ccc2c(c1)OCCO2. The minimum atomic E-state index is -1.00. The number of hydrogen-bond donors (Lipinski definition) is 1. The van der Waals surface area contributed by atoms with Crippen molar-refractivity contribution in [1.82, 2.24) is 15.1 Å². The highest BCUT2D eigenvalue weighted by atomic mass is 16.6. The van der Waals surface area contributed by atoms with Crippen molar-refractivity contribution in [3.05, 3.63) is 23.8 Å². The monoisotopic (exact) mass is 347 g/mol. The smallest absolute Gasteiger partial charge is 0.334 e. The molecule has 3 rings (SSSR count). The van der Waals surface area contributed by atoms with Crippen LogP contribution >= 0.6 is 0 Å². The van der Waals surface area contributed by atoms with Gasteiger partial charge in [-0.15, -0.1) is 0 Å². The van der Waals surface area contributed by atoms with E-state index in [1.165, 1.54) is 7.05 Å². The van der Waals surface area contributed by atoms with Gasteiger partial charge in [-0.2, -0.15) is 0 Å². The molecule has 1 atom stereocenters. The van der Waals surface area contributed by atoms with E-state index in [0.717, 1.165) is 5.56 Å². The van der Waals surface area contributed by atoms with E-state index in [4.69, 9.17) is 9.47 Å². The highest BCUT2D eigenvalue weighted by Gasteiger charge is 2.43. The summed E-state index contributed by atoms with van der Waals surface area (Å²) in [6.07, 6.45) is 0. The second kappa shape index (κ2) is 6.42. The van der Waals surface area contributed by atoms with Gasteiger partial charge in [-0.3, -0.25) is 19.3 Å². The van der Waals surface area contributed by atoms with Gasteiger partial charge in [0, 0.05) is 7.05 Å². The molecule has 2 aliphatic rings. The van der Waals surface area contributed by atoms with Gasteiger partial charge < -0.3 is 14.8 Å². The van der Waals surface area contributed by atoms with Gasteiger partial charge in [-0.1, -0.05) is 6.07 Å². The lowest BCUT2D eigenvalue weighted by atomic mass is 10.1. The van der Waals surface area contributed by atoms with Crippen LogP contribution in [0.3, 0.4) is 0 Å². The Kier molecular flexibility index (Phi) is 4.30. The van der Waals surface area contributed by atoms with E-state index in [0.29, 0.717) is 34.5 Å². The molecule has 0 saturated carbocycles. The average Bonchev–Trinajstić information content (AvgIpc) is 2.79. The maximum atomic E-state index is 12.1. The molecule has 1 N–H and O–H groups in total. The van der Waals surface area contributed by atoms with Crippen molar-refractivity contribution in [1.29, 1.82) is 0 Å². The molecule has 0 radical (unpaired) electrons. The summed E-state index contributed by atoms with van der Waals surface area (Å²) in [5, 5.41) is 2.69. The van der Waals surface area contributed by atoms with Crippen LogP contribution < -0.4 is 14.8 Å². The Labute approximate surface area is 143 Å². The van der Waals surface area contributed by atoms with Crippen LogP contribution in [0.25, 0.3) is 0 Å². The molecule has 0 spiro atoms. The summed E-state index contributed by atoms with van der Waals surface area (Å²) in [6.45, 7) is 2.19. The van der Waals surface area contributed by atoms with Gasteiger partial charge in [0.2, 0.25) is 5.91 Å². The molecule has 1 aromatic rings. The third-order valence-corrected chi connectivity index (χ3v) is 4.00. The zero-order valence-electron chi connectivity index (χ0n) is 13.8. The van der Waals surface area contributed by atoms with E-state index in [2.05, 4.69) is 5.32 Å². The molecule has 0 unspecified atom stereocenters. The minimum Gasteiger partial charge on any atom is -0.486 e. The minimum absolute atomic E-state index is 0.385. The zero-order valence-corrected chi connectivity index (χ0v) is 13.8. The number of rotatable bonds is 4. The van der Waals surface area contributed by atoms with Crippen molar-refractivity contribution in [2.24, 2.45) is 0 Å². The van der Waals surface area contributed by atoms with Crippen LogP contribution in [0.5, 0.6) is 11.5 Å². The van der Waals surface area contributed by atoms with Crippen LogP contribution in [0.1, 0.15) is 18.5 Å². The van der Waals surface area contributed by atoms with E-state index in [1.54, 1.807) is 25.1 Å². The van der Waals surface area contributed by atoms with E-state index < -0.39 is 30.3 Å². The topological polar surface area (TPSA) is 105 Å². The van der Waals surface area contributed by atoms with Gasteiger partial charge in [-0.05, 0) is 24.6 Å². The lowest BCUT2D eigenvalue weighted by Crippen LogP contribution is -2.41. The van der Waals surface area contributed by atoms with Crippen LogP contribution in [0.2, 0.25) is 0 Å². The Hall–Kier alpha value is -3.10. The van der Waals surface area contributed by atoms with Crippen molar-refractivity contribution in [3.63, 3.8) is 0 Å². The molecule has 0 aromatic heterocycles. The molecule has 25 heavy (non-hydrogen) atoms. The highest BCUT2D eigenvalue weighted by Crippen LogP contribution is 2.32. The van der Waals surface area contributed by atoms with Crippen molar-refractivity contribution in [3.8, 4) is 11.5 Å². The first-order valence-electron chi connectivity index (χ1n) is 7.71. The first-order valence-corrected chi connectivity index (χ1v) is 7.71. The van der Waals surface area contributed by atoms with Gasteiger partial charge in [0.15, 0.2) is 11.5 Å². The quantitative estimate of drug-likeness (QED) is 0.610. The molecule has 1 aromatic carbocycles. The largest absolute Gasteiger partial charge is 0.486 e. The maximum absolute atomic E-state index is 12.1. The number of carbonyl (C=O) groups is 4. The van der Waals surface area contributed by atoms with Gasteiger partial charge in [-0.25, -0.2) is 9.69 Å². The summed E-state index contributed by atoms with van der Waals surface area (Å²) in [4.78, 5) is 48.3. The summed E-state index contributed by atoms with van der Waals surface area (Å²) >= 11 is 0. The average molecular weight is 347 g/mol. The molecule has 9 heteroatoms. The fourth-order valence-electron chi connectivity index (χ4n) is 2.60. The van der Waals surface area contributed by atoms with Gasteiger partial charge in [0.25, 0.3) is 0 Å². The summed E-state index contributed by atoms with van der Waals surface area (Å²) in [5.74, 6) is -1.26. The second-order valence-corrected chi connectivity index (χ2v) is 5.73. The molecular formula is C16H17N3O6. The Balaban J connectivity index is 1.64. The van der Waals surface area contributed by atoms with E-state index in [9.17, 15) is 19.2 Å². The zero-order chi connectivity index (χ0) is 18.1. The summed E-state index contributed by atoms with van der Waals surface area (Å²) in [5.41, 5.74) is 0.782. The van der Waals surface area contributed by atoms with Crippen molar-refractivity contribution < 1.29 is 28.7 Å². The number of ether oxygens (including phenoxy) is 2. The number of carbonyl (C=O) groups excluding carboxylic acids is 4. The van der Waals surface area contributed by atoms with E-state index in [1.807, 2.05) is 0 Å². The third-order valence-electron chi connectivity index (χ3n) is 4.00. The molecule has 2 aliphatic heterocycles. The summed E-state index contributed by atoms with van der Waals surface area (Å²) in [6, 6.07) is 4.13. The van der Waals surface area contributed by atoms with Crippen LogP contribution in [0.15, 0.2) is 18.2 Å². The summed E-state index contributed by atoms with van der Waals surface area (Å²) in [7, 11) is 1.19. The molecule has 2 heterocycles. The van der Waals surface area contributed by atoms with Gasteiger partial charge in [0.05, 0.1) is 6.04 Å². The van der Waals surface area contributed by atoms with Crippen LogP contribution in [-0.2, 0) is 14.4 Å². The first kappa shape index (κ1) is 16.7. The number of nitrogens with zero attached hydrogens (tertiary/aromatic N) is 2. The fourth-order valence-corrected chi connectivity index (χ4v) is 2.60. The lowest BCUT2D eigenvalue weighted by Gasteiger charge is -2.21. The van der Waals surface area contributed by atoms with Crippen molar-refractivity contribution in [2.75, 3.05) is 26.8 Å². The molecule has 1 saturated heterocycles. The molecular weight excluding hydrogens is 330 g/mol. The van der Waals surface area contributed by atoms with Gasteiger partial charge >= 0.3 is 17.8 Å². The lowest BCUT2D eigenvalue weighted by molar-refractivity contribution is -0.143. The fraction of sp³-hybridized carbons (Fsp3) is 0.375. The standard InChI is InChI=1S/C16H17N3O6/c1-9(10-3-4-11-12(7-10)25-6-5-24-11)17-13(20)8-19-15(22)14(21)18(2)16(19)23/h3-4,7,9H,5-6,8H2,1-2H3,(H,17,20)/t9-/m0/s1. The number of urea groups is 1. The number of fused-ring (bicyclic) bond motifs is 1. The number of nitrogens with one attached hydrogen (secondary N) is 1. The second-order valence-electron chi connectivity index (χ2n) is 5.73. The number of hydrogen-bond acceptors (Lipinski definition) is 6. The Bertz CT molecular complexity index is 762. The number of likely N-dealkylation sites (N-methyl/N-ethyl adjacent to an activating group) is 1. The van der Waals surface area contributed by atoms with Crippen LogP contribution in [0, 0.1) is 0 Å². The number of amides is 5. The first-order chi connectivity index (χ1) is 11.9. The van der Waals surface area contributed by atoms with Crippen LogP contribution in [0.4, 0.5) is 4.79 Å². The van der Waals surface area contributed by atoms with E-state index >= 15 is 0 Å². The molecule has 132 valence electrons. The number of benzene rings is 1. The van der Waals surface area contributed by atoms with Gasteiger partial charge in [0.1, 0.15) is 19.8 Å². The predicted molar refractivity (Wildman–Crippen MR) is 83.9 cm³/mol. The van der Waals surface area contributed by atoms with Crippen molar-refractivity contribution in [2.45, 2.75) is 13.0 Å². The van der Waals surface area contributed by atoms with E-state index in [-0.39, 0.29) is 6.04 Å². The molecule has 1 fully saturated rings. The Morgan fingerprint density at radius 1 is 1.16 bits per heavy atom. The Morgan fingerprint density at radius 2 is 1.84 bits per heavy atom. The molecule has 5 amide bonds. The number of imide groups is 2. The summed E-state index contributed by atoms with van der Waals surface area (Å²) < 4.78 is 10.9. The Morgan fingerprint density at radius 3 is 2.48 bits per heavy atom. The normalized spacial score (nSPS) is 17.8. The van der Waals surface area contributed by atoms with Crippen molar-refractivity contribution >= 4 is 23.8 Å². The molecule has 0 bridgehead atoms. The predicted octanol–water partition coefficient (Wildman–Crippen LogP) is 0.0556. The molecule has 9 nitrogen and oxygen atoms in total. The molecule has 0 aliphatic carbocycles. The third kappa shape index (κ3) is 3.12. The van der Waals surface area contributed by atoms with Crippen LogP contribution in [-0.4, -0.2) is 60.4 Å².